The Morgan fingerprint density at radius 1 is 0.833 bits per heavy atom. The van der Waals surface area contributed by atoms with Crippen LogP contribution >= 0.6 is 0 Å². The van der Waals surface area contributed by atoms with E-state index in [1.807, 2.05) is 18.2 Å². The van der Waals surface area contributed by atoms with Gasteiger partial charge in [-0.25, -0.2) is 12.2 Å². The Hall–Kier alpha value is -2.37. The van der Waals surface area contributed by atoms with Crippen LogP contribution in [0, 0.1) is 12.1 Å². The van der Waals surface area contributed by atoms with Crippen LogP contribution in [0.25, 0.3) is 32.7 Å². The predicted octanol–water partition coefficient (Wildman–Crippen LogP) is 9.76. The maximum atomic E-state index is 3.48. The van der Waals surface area contributed by atoms with Gasteiger partial charge in [0.2, 0.25) is 0 Å². The first-order valence-electron chi connectivity index (χ1n) is 13.4. The molecule has 0 bridgehead atoms. The minimum atomic E-state index is 1.01. The van der Waals surface area contributed by atoms with E-state index in [-0.39, 0.29) is 0 Å². The van der Waals surface area contributed by atoms with Crippen LogP contribution in [0.1, 0.15) is 69.9 Å². The molecule has 0 saturated heterocycles. The maximum Gasteiger partial charge on any atom is -0.0240 e. The molecule has 180 valence electrons. The molecule has 0 fully saturated rings. The van der Waals surface area contributed by atoms with E-state index in [9.17, 15) is 0 Å². The SMILES string of the molecule is CCCC[C](=[Zr+2])CCCC.[C-]1=CC=CC1.[c-]1cccc2c1c1c(c3ccccc32)-c2ccccc2C1. The second kappa shape index (κ2) is 13.8. The van der Waals surface area contributed by atoms with E-state index in [4.69, 9.17) is 0 Å². The van der Waals surface area contributed by atoms with E-state index in [0.29, 0.717) is 0 Å². The summed E-state index contributed by atoms with van der Waals surface area (Å²) in [6.45, 7) is 4.53. The molecule has 4 aromatic rings. The zero-order chi connectivity index (χ0) is 25.2. The third-order valence-corrected chi connectivity index (χ3v) is 8.08. The summed E-state index contributed by atoms with van der Waals surface area (Å²) in [5.41, 5.74) is 5.67. The van der Waals surface area contributed by atoms with Crippen LogP contribution in [0.15, 0.2) is 85.0 Å². The van der Waals surface area contributed by atoms with Crippen molar-refractivity contribution in [1.82, 2.24) is 0 Å². The Balaban J connectivity index is 0.000000170. The number of allylic oxidation sites excluding steroid dienone is 4. The van der Waals surface area contributed by atoms with Gasteiger partial charge in [-0.3, -0.25) is 6.08 Å². The first kappa shape index (κ1) is 26.7. The van der Waals surface area contributed by atoms with Gasteiger partial charge in [0, 0.05) is 0 Å². The summed E-state index contributed by atoms with van der Waals surface area (Å²) in [4.78, 5) is 0. The molecule has 4 aromatic carbocycles. The number of hydrogen-bond donors (Lipinski definition) is 0. The normalized spacial score (nSPS) is 12.6. The Morgan fingerprint density at radius 2 is 1.53 bits per heavy atom. The van der Waals surface area contributed by atoms with Gasteiger partial charge < -0.3 is 0 Å². The van der Waals surface area contributed by atoms with Crippen molar-refractivity contribution in [2.24, 2.45) is 0 Å². The summed E-state index contributed by atoms with van der Waals surface area (Å²) in [7, 11) is 0. The van der Waals surface area contributed by atoms with Crippen LogP contribution in [0.3, 0.4) is 0 Å². The topological polar surface area (TPSA) is 0 Å². The van der Waals surface area contributed by atoms with Gasteiger partial charge in [-0.05, 0) is 28.5 Å². The third kappa shape index (κ3) is 6.49. The Labute approximate surface area is 232 Å². The van der Waals surface area contributed by atoms with E-state index in [0.717, 1.165) is 12.8 Å². The second-order valence-electron chi connectivity index (χ2n) is 9.51. The van der Waals surface area contributed by atoms with Crippen LogP contribution < -0.4 is 0 Å². The molecule has 0 aromatic heterocycles. The van der Waals surface area contributed by atoms with Crippen molar-refractivity contribution in [1.29, 1.82) is 0 Å². The largest absolute Gasteiger partial charge is 0.273 e. The first-order valence-corrected chi connectivity index (χ1v) is 14.7. The molecular formula is C35H36Zr. The molecule has 6 rings (SSSR count). The summed E-state index contributed by atoms with van der Waals surface area (Å²) in [5.74, 6) is 0. The monoisotopic (exact) mass is 546 g/mol. The van der Waals surface area contributed by atoms with Crippen molar-refractivity contribution in [2.45, 2.75) is 65.2 Å². The minimum Gasteiger partial charge on any atom is -0.273 e. The molecule has 2 aliphatic rings. The number of fused-ring (bicyclic) bond motifs is 8. The number of benzene rings is 4. The summed E-state index contributed by atoms with van der Waals surface area (Å²) >= 11 is 1.67. The van der Waals surface area contributed by atoms with Gasteiger partial charge in [-0.2, -0.15) is 6.08 Å². The fraction of sp³-hybridized carbons (Fsp3) is 0.286. The van der Waals surface area contributed by atoms with Crippen LogP contribution in [0.5, 0.6) is 0 Å². The quantitative estimate of drug-likeness (QED) is 0.147. The zero-order valence-corrected chi connectivity index (χ0v) is 24.2. The fourth-order valence-corrected chi connectivity index (χ4v) is 5.84. The van der Waals surface area contributed by atoms with Gasteiger partial charge in [-0.1, -0.05) is 53.9 Å². The van der Waals surface area contributed by atoms with Crippen molar-refractivity contribution in [3.63, 3.8) is 0 Å². The molecule has 0 amide bonds. The summed E-state index contributed by atoms with van der Waals surface area (Å²) in [5, 5.41) is 5.30. The van der Waals surface area contributed by atoms with Crippen molar-refractivity contribution in [2.75, 3.05) is 0 Å². The molecule has 0 radical (unpaired) electrons. The molecule has 0 atom stereocenters. The van der Waals surface area contributed by atoms with Crippen LogP contribution in [-0.4, -0.2) is 3.21 Å². The maximum absolute atomic E-state index is 3.48. The third-order valence-electron chi connectivity index (χ3n) is 6.85. The molecule has 0 nitrogen and oxygen atoms in total. The Kier molecular flexibility index (Phi) is 10.2. The van der Waals surface area contributed by atoms with E-state index in [1.165, 1.54) is 82.3 Å². The zero-order valence-electron chi connectivity index (χ0n) is 21.7. The van der Waals surface area contributed by atoms with Crippen molar-refractivity contribution < 1.29 is 24.2 Å². The average Bonchev–Trinajstić information content (AvgIpc) is 3.63. The van der Waals surface area contributed by atoms with Gasteiger partial charge in [0.15, 0.2) is 0 Å². The predicted molar refractivity (Wildman–Crippen MR) is 154 cm³/mol. The molecule has 0 N–H and O–H groups in total. The van der Waals surface area contributed by atoms with Crippen LogP contribution in [-0.2, 0) is 30.7 Å². The molecule has 0 heterocycles. The second-order valence-corrected chi connectivity index (χ2v) is 11.2. The van der Waals surface area contributed by atoms with Gasteiger partial charge in [0.1, 0.15) is 0 Å². The minimum absolute atomic E-state index is 1.01. The molecule has 0 aliphatic heterocycles. The van der Waals surface area contributed by atoms with Crippen LogP contribution in [0.2, 0.25) is 0 Å². The van der Waals surface area contributed by atoms with Crippen LogP contribution in [0.4, 0.5) is 0 Å². The molecule has 36 heavy (non-hydrogen) atoms. The average molecular weight is 548 g/mol. The molecule has 0 saturated carbocycles. The van der Waals surface area contributed by atoms with Crippen molar-refractivity contribution >= 4 is 24.8 Å². The Bertz CT molecular complexity index is 1350. The van der Waals surface area contributed by atoms with Gasteiger partial charge in [0.05, 0.1) is 0 Å². The standard InChI is InChI=1S/C21H13.C9H18.C5H5.Zr/c1-2-8-15-14(7-1)13-20-18-11-4-3-9-16(18)17-10-5-6-12-19(17)21(15)20;1-3-5-7-9-8-6-4-2;1-2-4-5-3-1;/h1-10,12H,13H2;3-8H2,1-2H3;1-3H,4H2;/q-1;;-1;+2. The van der Waals surface area contributed by atoms with E-state index in [2.05, 4.69) is 92.7 Å². The Morgan fingerprint density at radius 3 is 2.19 bits per heavy atom. The van der Waals surface area contributed by atoms with E-state index >= 15 is 0 Å². The molecule has 0 unspecified atom stereocenters. The fourth-order valence-electron chi connectivity index (χ4n) is 4.97. The first-order chi connectivity index (χ1) is 17.7. The molecular weight excluding hydrogens is 512 g/mol. The van der Waals surface area contributed by atoms with Gasteiger partial charge in [0.25, 0.3) is 0 Å². The van der Waals surface area contributed by atoms with Gasteiger partial charge in [-0.15, -0.1) is 47.0 Å². The molecule has 0 spiro atoms. The smallest absolute Gasteiger partial charge is 0.0240 e. The van der Waals surface area contributed by atoms with Gasteiger partial charge >= 0.3 is 79.8 Å². The number of unbranched alkanes of at least 4 members (excludes halogenated alkanes) is 2. The molecule has 2 aliphatic carbocycles. The van der Waals surface area contributed by atoms with E-state index < -0.39 is 0 Å². The van der Waals surface area contributed by atoms with Crippen molar-refractivity contribution in [3.05, 3.63) is 108 Å². The van der Waals surface area contributed by atoms with Crippen molar-refractivity contribution in [3.8, 4) is 11.1 Å². The summed E-state index contributed by atoms with van der Waals surface area (Å²) < 4.78 is 1.79. The number of rotatable bonds is 6. The summed E-state index contributed by atoms with van der Waals surface area (Å²) in [6.07, 6.45) is 19.3. The molecule has 1 heteroatoms. The summed E-state index contributed by atoms with van der Waals surface area (Å²) in [6, 6.07) is 27.3. The number of hydrogen-bond acceptors (Lipinski definition) is 0. The van der Waals surface area contributed by atoms with E-state index in [1.54, 1.807) is 27.4 Å².